The van der Waals surface area contributed by atoms with Gasteiger partial charge in [-0.3, -0.25) is 4.79 Å². The van der Waals surface area contributed by atoms with Crippen LogP contribution in [0.3, 0.4) is 0 Å². The summed E-state index contributed by atoms with van der Waals surface area (Å²) in [6.07, 6.45) is -0.745. The monoisotopic (exact) mass is 284 g/mol. The third-order valence-electron chi connectivity index (χ3n) is 2.40. The molecule has 1 aromatic rings. The highest BCUT2D eigenvalue weighted by Gasteiger charge is 2.22. The second-order valence-corrected chi connectivity index (χ2v) is 4.05. The van der Waals surface area contributed by atoms with Gasteiger partial charge in [-0.15, -0.1) is 0 Å². The number of rotatable bonds is 5. The summed E-state index contributed by atoms with van der Waals surface area (Å²) in [6.45, 7) is 1.50. The second-order valence-electron chi connectivity index (χ2n) is 4.05. The Labute approximate surface area is 113 Å². The molecule has 0 aromatic heterocycles. The van der Waals surface area contributed by atoms with E-state index in [-0.39, 0.29) is 5.69 Å². The molecular weight excluding hydrogens is 271 g/mol. The highest BCUT2D eigenvalue weighted by molar-refractivity contribution is 5.93. The molecular formula is C12H13FN2O5. The molecule has 1 aromatic carbocycles. The first-order chi connectivity index (χ1) is 9.29. The third kappa shape index (κ3) is 4.56. The highest BCUT2D eigenvalue weighted by Crippen LogP contribution is 2.13. The molecule has 0 heterocycles. The minimum atomic E-state index is -1.55. The topological polar surface area (TPSA) is 116 Å². The number of anilines is 1. The number of carboxylic acid groups (broad SMARTS) is 2. The van der Waals surface area contributed by atoms with Crippen LogP contribution in [0.15, 0.2) is 18.2 Å². The Morgan fingerprint density at radius 2 is 1.95 bits per heavy atom. The number of aliphatic carboxylic acids is 2. The van der Waals surface area contributed by atoms with Gasteiger partial charge in [0.1, 0.15) is 11.9 Å². The Morgan fingerprint density at radius 3 is 2.45 bits per heavy atom. The Balaban J connectivity index is 2.67. The fourth-order valence-corrected chi connectivity index (χ4v) is 1.42. The second kappa shape index (κ2) is 6.50. The molecule has 1 atom stereocenters. The number of nitrogens with one attached hydrogen (secondary N) is 2. The van der Waals surface area contributed by atoms with Crippen LogP contribution in [0.1, 0.15) is 12.0 Å². The zero-order valence-corrected chi connectivity index (χ0v) is 10.5. The van der Waals surface area contributed by atoms with Crippen LogP contribution < -0.4 is 10.6 Å². The van der Waals surface area contributed by atoms with E-state index in [2.05, 4.69) is 5.32 Å². The molecule has 2 amide bonds. The maximum Gasteiger partial charge on any atom is 0.326 e. The van der Waals surface area contributed by atoms with E-state index in [4.69, 9.17) is 10.2 Å². The number of hydrogen-bond acceptors (Lipinski definition) is 3. The molecule has 0 aliphatic carbocycles. The van der Waals surface area contributed by atoms with Crippen LogP contribution in [-0.4, -0.2) is 34.2 Å². The SMILES string of the molecule is Cc1cc(NC(=O)NC(CC(=O)O)C(=O)O)ccc1F. The zero-order chi connectivity index (χ0) is 15.3. The molecule has 1 unspecified atom stereocenters. The molecule has 0 aliphatic rings. The number of amides is 2. The molecule has 0 bridgehead atoms. The number of carbonyl (C=O) groups excluding carboxylic acids is 1. The Bertz CT molecular complexity index is 547. The van der Waals surface area contributed by atoms with Crippen LogP contribution in [0.5, 0.6) is 0 Å². The van der Waals surface area contributed by atoms with Crippen molar-refractivity contribution >= 4 is 23.7 Å². The lowest BCUT2D eigenvalue weighted by Gasteiger charge is -2.13. The van der Waals surface area contributed by atoms with Crippen LogP contribution in [-0.2, 0) is 9.59 Å². The van der Waals surface area contributed by atoms with E-state index in [1.54, 1.807) is 0 Å². The summed E-state index contributed by atoms with van der Waals surface area (Å²) in [5, 5.41) is 21.6. The summed E-state index contributed by atoms with van der Waals surface area (Å²) in [5.74, 6) is -3.25. The van der Waals surface area contributed by atoms with E-state index in [9.17, 15) is 18.8 Å². The van der Waals surface area contributed by atoms with Crippen molar-refractivity contribution in [3.8, 4) is 0 Å². The molecule has 0 radical (unpaired) electrons. The third-order valence-corrected chi connectivity index (χ3v) is 2.40. The van der Waals surface area contributed by atoms with Gasteiger partial charge in [-0.1, -0.05) is 0 Å². The molecule has 0 saturated carbocycles. The average Bonchev–Trinajstić information content (AvgIpc) is 2.32. The molecule has 7 nitrogen and oxygen atoms in total. The molecule has 1 rings (SSSR count). The summed E-state index contributed by atoms with van der Waals surface area (Å²) < 4.78 is 13.0. The fraction of sp³-hybridized carbons (Fsp3) is 0.250. The van der Waals surface area contributed by atoms with E-state index < -0.39 is 36.2 Å². The highest BCUT2D eigenvalue weighted by atomic mass is 19.1. The maximum atomic E-state index is 13.0. The predicted molar refractivity (Wildman–Crippen MR) is 67.0 cm³/mol. The first-order valence-corrected chi connectivity index (χ1v) is 5.58. The Kier molecular flexibility index (Phi) is 5.01. The van der Waals surface area contributed by atoms with Gasteiger partial charge < -0.3 is 20.8 Å². The lowest BCUT2D eigenvalue weighted by Crippen LogP contribution is -2.44. The molecule has 20 heavy (non-hydrogen) atoms. The number of benzene rings is 1. The maximum absolute atomic E-state index is 13.0. The van der Waals surface area contributed by atoms with Crippen LogP contribution in [0.4, 0.5) is 14.9 Å². The van der Waals surface area contributed by atoms with Gasteiger partial charge in [0.2, 0.25) is 0 Å². The van der Waals surface area contributed by atoms with Gasteiger partial charge in [-0.25, -0.2) is 14.0 Å². The Hall–Kier alpha value is -2.64. The standard InChI is InChI=1S/C12H13FN2O5/c1-6-4-7(2-3-8(6)13)14-12(20)15-9(11(18)19)5-10(16)17/h2-4,9H,5H2,1H3,(H,16,17)(H,18,19)(H2,14,15,20). The summed E-state index contributed by atoms with van der Waals surface area (Å²) in [6, 6.07) is 1.38. The smallest absolute Gasteiger partial charge is 0.326 e. The van der Waals surface area contributed by atoms with Gasteiger partial charge in [0.15, 0.2) is 0 Å². The van der Waals surface area contributed by atoms with Crippen LogP contribution >= 0.6 is 0 Å². The molecule has 108 valence electrons. The van der Waals surface area contributed by atoms with Crippen molar-refractivity contribution in [2.24, 2.45) is 0 Å². The first-order valence-electron chi connectivity index (χ1n) is 5.58. The quantitative estimate of drug-likeness (QED) is 0.648. The Morgan fingerprint density at radius 1 is 1.30 bits per heavy atom. The predicted octanol–water partition coefficient (Wildman–Crippen LogP) is 1.18. The van der Waals surface area contributed by atoms with Crippen LogP contribution in [0.25, 0.3) is 0 Å². The van der Waals surface area contributed by atoms with E-state index >= 15 is 0 Å². The summed E-state index contributed by atoms with van der Waals surface area (Å²) in [4.78, 5) is 32.8. The normalized spacial score (nSPS) is 11.5. The minimum Gasteiger partial charge on any atom is -0.481 e. The van der Waals surface area contributed by atoms with Crippen molar-refractivity contribution in [2.75, 3.05) is 5.32 Å². The van der Waals surface area contributed by atoms with Gasteiger partial charge >= 0.3 is 18.0 Å². The number of carboxylic acids is 2. The largest absolute Gasteiger partial charge is 0.481 e. The van der Waals surface area contributed by atoms with E-state index in [1.165, 1.54) is 19.1 Å². The van der Waals surface area contributed by atoms with Crippen molar-refractivity contribution in [1.29, 1.82) is 0 Å². The number of aryl methyl sites for hydroxylation is 1. The van der Waals surface area contributed by atoms with Crippen molar-refractivity contribution in [1.82, 2.24) is 5.32 Å². The molecule has 4 N–H and O–H groups in total. The van der Waals surface area contributed by atoms with E-state index in [0.29, 0.717) is 5.56 Å². The lowest BCUT2D eigenvalue weighted by molar-refractivity contribution is -0.145. The fourth-order valence-electron chi connectivity index (χ4n) is 1.42. The molecule has 0 spiro atoms. The van der Waals surface area contributed by atoms with Crippen molar-refractivity contribution < 1.29 is 29.0 Å². The number of carbonyl (C=O) groups is 3. The van der Waals surface area contributed by atoms with Crippen molar-refractivity contribution in [2.45, 2.75) is 19.4 Å². The van der Waals surface area contributed by atoms with E-state index in [1.807, 2.05) is 5.32 Å². The van der Waals surface area contributed by atoms with E-state index in [0.717, 1.165) is 6.07 Å². The van der Waals surface area contributed by atoms with Crippen molar-refractivity contribution in [3.05, 3.63) is 29.6 Å². The molecule has 8 heteroatoms. The minimum absolute atomic E-state index is 0.265. The zero-order valence-electron chi connectivity index (χ0n) is 10.5. The lowest BCUT2D eigenvalue weighted by atomic mass is 10.2. The molecule has 0 saturated heterocycles. The summed E-state index contributed by atoms with van der Waals surface area (Å²) in [7, 11) is 0. The van der Waals surface area contributed by atoms with Gasteiger partial charge in [0.25, 0.3) is 0 Å². The number of halogens is 1. The molecule has 0 fully saturated rings. The van der Waals surface area contributed by atoms with Crippen molar-refractivity contribution in [3.63, 3.8) is 0 Å². The van der Waals surface area contributed by atoms with Gasteiger partial charge in [-0.05, 0) is 30.7 Å². The summed E-state index contributed by atoms with van der Waals surface area (Å²) >= 11 is 0. The van der Waals surface area contributed by atoms with Gasteiger partial charge in [0, 0.05) is 5.69 Å². The molecule has 0 aliphatic heterocycles. The average molecular weight is 284 g/mol. The number of urea groups is 1. The van der Waals surface area contributed by atoms with Gasteiger partial charge in [0.05, 0.1) is 6.42 Å². The van der Waals surface area contributed by atoms with Crippen LogP contribution in [0.2, 0.25) is 0 Å². The number of hydrogen-bond donors (Lipinski definition) is 4. The van der Waals surface area contributed by atoms with Crippen LogP contribution in [0, 0.1) is 12.7 Å². The van der Waals surface area contributed by atoms with Gasteiger partial charge in [-0.2, -0.15) is 0 Å². The summed E-state index contributed by atoms with van der Waals surface area (Å²) in [5.41, 5.74) is 0.573. The first kappa shape index (κ1) is 15.4.